The summed E-state index contributed by atoms with van der Waals surface area (Å²) in [5.41, 5.74) is 5.25. The molecule has 1 amide bonds. The third-order valence-corrected chi connectivity index (χ3v) is 5.34. The third kappa shape index (κ3) is 4.61. The molecule has 0 saturated heterocycles. The van der Waals surface area contributed by atoms with Gasteiger partial charge in [-0.05, 0) is 62.9 Å². The fraction of sp³-hybridized carbons (Fsp3) is 0.350. The predicted octanol–water partition coefficient (Wildman–Crippen LogP) is 4.70. The van der Waals surface area contributed by atoms with Crippen molar-refractivity contribution < 1.29 is 4.79 Å². The van der Waals surface area contributed by atoms with Gasteiger partial charge >= 0.3 is 0 Å². The van der Waals surface area contributed by atoms with Crippen LogP contribution in [0, 0.1) is 39.0 Å². The van der Waals surface area contributed by atoms with Crippen molar-refractivity contribution in [3.8, 4) is 6.07 Å². The summed E-state index contributed by atoms with van der Waals surface area (Å²) >= 11 is 1.36. The Labute approximate surface area is 153 Å². The molecule has 4 nitrogen and oxygen atoms in total. The van der Waals surface area contributed by atoms with Gasteiger partial charge in [0.2, 0.25) is 5.91 Å². The number of anilines is 1. The molecule has 25 heavy (non-hydrogen) atoms. The zero-order valence-corrected chi connectivity index (χ0v) is 16.1. The maximum Gasteiger partial charge on any atom is 0.237 e. The molecule has 0 aliphatic heterocycles. The summed E-state index contributed by atoms with van der Waals surface area (Å²) in [7, 11) is 0. The van der Waals surface area contributed by atoms with Crippen LogP contribution in [-0.4, -0.2) is 16.1 Å². The van der Waals surface area contributed by atoms with E-state index in [2.05, 4.69) is 16.4 Å². The van der Waals surface area contributed by atoms with Gasteiger partial charge in [-0.15, -0.1) is 0 Å². The van der Waals surface area contributed by atoms with Crippen LogP contribution in [-0.2, 0) is 4.79 Å². The lowest BCUT2D eigenvalue weighted by Crippen LogP contribution is -2.25. The predicted molar refractivity (Wildman–Crippen MR) is 103 cm³/mol. The van der Waals surface area contributed by atoms with E-state index < -0.39 is 0 Å². The van der Waals surface area contributed by atoms with Crippen LogP contribution in [0.2, 0.25) is 0 Å². The number of carbonyl (C=O) groups excluding carboxylic acids is 1. The summed E-state index contributed by atoms with van der Waals surface area (Å²) in [6.07, 6.45) is 0.654. The topological polar surface area (TPSA) is 65.8 Å². The molecule has 2 aromatic rings. The molecular weight excluding hydrogens is 330 g/mol. The maximum atomic E-state index is 12.7. The Bertz CT molecular complexity index is 840. The number of benzene rings is 1. The molecule has 2 rings (SSSR count). The number of nitrogens with zero attached hydrogens (tertiary/aromatic N) is 2. The number of amides is 1. The highest BCUT2D eigenvalue weighted by Crippen LogP contribution is 2.30. The minimum absolute atomic E-state index is 0.0638. The molecule has 0 fully saturated rings. The number of thioether (sulfide) groups is 1. The van der Waals surface area contributed by atoms with Crippen LogP contribution in [0.5, 0.6) is 0 Å². The highest BCUT2D eigenvalue weighted by atomic mass is 32.2. The third-order valence-electron chi connectivity index (χ3n) is 3.99. The number of nitriles is 1. The minimum atomic E-state index is -0.305. The minimum Gasteiger partial charge on any atom is -0.325 e. The SMILES string of the molecule is CCC(Sc1nc(C)cc(C)c1C#N)C(=O)Nc1cc(C)ccc1C. The highest BCUT2D eigenvalue weighted by Gasteiger charge is 2.22. The second kappa shape index (κ2) is 8.17. The van der Waals surface area contributed by atoms with E-state index >= 15 is 0 Å². The molecule has 5 heteroatoms. The molecule has 130 valence electrons. The van der Waals surface area contributed by atoms with Crippen LogP contribution in [0.3, 0.4) is 0 Å². The fourth-order valence-electron chi connectivity index (χ4n) is 2.56. The van der Waals surface area contributed by atoms with Crippen LogP contribution in [0.4, 0.5) is 5.69 Å². The van der Waals surface area contributed by atoms with Gasteiger partial charge in [0.05, 0.1) is 10.8 Å². The first kappa shape index (κ1) is 19.0. The lowest BCUT2D eigenvalue weighted by Gasteiger charge is -2.17. The molecule has 1 atom stereocenters. The summed E-state index contributed by atoms with van der Waals surface area (Å²) in [5, 5.41) is 12.8. The molecule has 0 spiro atoms. The summed E-state index contributed by atoms with van der Waals surface area (Å²) in [5.74, 6) is -0.0638. The summed E-state index contributed by atoms with van der Waals surface area (Å²) in [4.78, 5) is 17.2. The van der Waals surface area contributed by atoms with E-state index in [0.29, 0.717) is 17.0 Å². The number of nitrogens with one attached hydrogen (secondary N) is 1. The monoisotopic (exact) mass is 353 g/mol. The number of aryl methyl sites for hydroxylation is 4. The lowest BCUT2D eigenvalue weighted by molar-refractivity contribution is -0.115. The highest BCUT2D eigenvalue weighted by molar-refractivity contribution is 8.00. The molecule has 0 aliphatic rings. The first-order valence-corrected chi connectivity index (χ1v) is 9.16. The van der Waals surface area contributed by atoms with Crippen molar-refractivity contribution in [1.29, 1.82) is 5.26 Å². The quantitative estimate of drug-likeness (QED) is 0.792. The van der Waals surface area contributed by atoms with Gasteiger partial charge in [0.15, 0.2) is 0 Å². The molecule has 1 aromatic heterocycles. The Balaban J connectivity index is 2.24. The molecule has 1 aromatic carbocycles. The zero-order chi connectivity index (χ0) is 18.6. The van der Waals surface area contributed by atoms with E-state index in [1.165, 1.54) is 11.8 Å². The van der Waals surface area contributed by atoms with Crippen molar-refractivity contribution in [2.75, 3.05) is 5.32 Å². The van der Waals surface area contributed by atoms with Gasteiger partial charge in [-0.1, -0.05) is 30.8 Å². The van der Waals surface area contributed by atoms with Gasteiger partial charge in [-0.25, -0.2) is 4.98 Å². The smallest absolute Gasteiger partial charge is 0.237 e. The second-order valence-electron chi connectivity index (χ2n) is 6.19. The molecule has 1 N–H and O–H groups in total. The molecule has 1 heterocycles. The zero-order valence-electron chi connectivity index (χ0n) is 15.3. The van der Waals surface area contributed by atoms with Gasteiger partial charge in [0, 0.05) is 11.4 Å². The van der Waals surface area contributed by atoms with Crippen LogP contribution in [0.1, 0.15) is 41.3 Å². The molecular formula is C20H23N3OS. The van der Waals surface area contributed by atoms with E-state index in [4.69, 9.17) is 0 Å². The maximum absolute atomic E-state index is 12.7. The standard InChI is InChI=1S/C20H23N3OS/c1-6-18(19(24)23-17-9-12(2)7-8-13(17)3)25-20-16(11-21)14(4)10-15(5)22-20/h7-10,18H,6H2,1-5H3,(H,23,24). The van der Waals surface area contributed by atoms with Crippen molar-refractivity contribution in [3.63, 3.8) is 0 Å². The number of hydrogen-bond acceptors (Lipinski definition) is 4. The number of hydrogen-bond donors (Lipinski definition) is 1. The van der Waals surface area contributed by atoms with E-state index in [0.717, 1.165) is 28.1 Å². The van der Waals surface area contributed by atoms with E-state index in [-0.39, 0.29) is 11.2 Å². The Morgan fingerprint density at radius 1 is 1.24 bits per heavy atom. The second-order valence-corrected chi connectivity index (χ2v) is 7.39. The first-order chi connectivity index (χ1) is 11.8. The van der Waals surface area contributed by atoms with Gasteiger partial charge < -0.3 is 5.32 Å². The van der Waals surface area contributed by atoms with Crippen LogP contribution < -0.4 is 5.32 Å². The van der Waals surface area contributed by atoms with Crippen molar-refractivity contribution in [1.82, 2.24) is 4.98 Å². The molecule has 1 unspecified atom stereocenters. The van der Waals surface area contributed by atoms with Crippen LogP contribution >= 0.6 is 11.8 Å². The van der Waals surface area contributed by atoms with E-state index in [9.17, 15) is 10.1 Å². The van der Waals surface area contributed by atoms with Crippen molar-refractivity contribution in [3.05, 3.63) is 52.2 Å². The van der Waals surface area contributed by atoms with Crippen LogP contribution in [0.15, 0.2) is 29.3 Å². The largest absolute Gasteiger partial charge is 0.325 e. The number of carbonyl (C=O) groups is 1. The Morgan fingerprint density at radius 2 is 1.96 bits per heavy atom. The van der Waals surface area contributed by atoms with Gasteiger partial charge in [0.25, 0.3) is 0 Å². The Hall–Kier alpha value is -2.32. The molecule has 0 saturated carbocycles. The van der Waals surface area contributed by atoms with Crippen molar-refractivity contribution in [2.45, 2.75) is 51.3 Å². The number of pyridine rings is 1. The first-order valence-electron chi connectivity index (χ1n) is 8.28. The van der Waals surface area contributed by atoms with Gasteiger partial charge in [-0.2, -0.15) is 5.26 Å². The van der Waals surface area contributed by atoms with Crippen molar-refractivity contribution >= 4 is 23.4 Å². The fourth-order valence-corrected chi connectivity index (χ4v) is 3.69. The molecule has 0 bridgehead atoms. The van der Waals surface area contributed by atoms with Gasteiger partial charge in [-0.3, -0.25) is 4.79 Å². The number of rotatable bonds is 5. The Morgan fingerprint density at radius 3 is 2.60 bits per heavy atom. The summed E-state index contributed by atoms with van der Waals surface area (Å²) < 4.78 is 0. The Kier molecular flexibility index (Phi) is 6.22. The van der Waals surface area contributed by atoms with Crippen molar-refractivity contribution in [2.24, 2.45) is 0 Å². The lowest BCUT2D eigenvalue weighted by atomic mass is 10.1. The normalized spacial score (nSPS) is 11.7. The van der Waals surface area contributed by atoms with E-state index in [1.807, 2.05) is 58.9 Å². The molecule has 0 radical (unpaired) electrons. The molecule has 0 aliphatic carbocycles. The number of aromatic nitrogens is 1. The average molecular weight is 353 g/mol. The summed E-state index contributed by atoms with van der Waals surface area (Å²) in [6.45, 7) is 9.74. The van der Waals surface area contributed by atoms with Gasteiger partial charge in [0.1, 0.15) is 11.1 Å². The summed E-state index contributed by atoms with van der Waals surface area (Å²) in [6, 6.07) is 10.1. The van der Waals surface area contributed by atoms with E-state index in [1.54, 1.807) is 0 Å². The van der Waals surface area contributed by atoms with Crippen LogP contribution in [0.25, 0.3) is 0 Å². The average Bonchev–Trinajstić information content (AvgIpc) is 2.55.